The maximum atomic E-state index is 11.3. The van der Waals surface area contributed by atoms with Crippen LogP contribution in [0.3, 0.4) is 0 Å². The van der Waals surface area contributed by atoms with Gasteiger partial charge in [-0.1, -0.05) is 12.1 Å². The lowest BCUT2D eigenvalue weighted by molar-refractivity contribution is 0.0601. The van der Waals surface area contributed by atoms with Gasteiger partial charge in [0.05, 0.1) is 18.9 Å². The Kier molecular flexibility index (Phi) is 2.49. The number of hydrogen-bond donors (Lipinski definition) is 0. The molecule has 0 radical (unpaired) electrons. The summed E-state index contributed by atoms with van der Waals surface area (Å²) in [5, 5.41) is 0. The van der Waals surface area contributed by atoms with Gasteiger partial charge in [0.25, 0.3) is 0 Å². The number of nitrogens with zero attached hydrogens (tertiary/aromatic N) is 1. The molecule has 0 aliphatic carbocycles. The van der Waals surface area contributed by atoms with Crippen molar-refractivity contribution >= 4 is 5.97 Å². The number of rotatable bonds is 2. The van der Waals surface area contributed by atoms with Crippen molar-refractivity contribution in [3.05, 3.63) is 42.4 Å². The molecule has 0 unspecified atom stereocenters. The van der Waals surface area contributed by atoms with Crippen LogP contribution in [0, 0.1) is 0 Å². The molecule has 2 aromatic rings. The van der Waals surface area contributed by atoms with Gasteiger partial charge in [-0.2, -0.15) is 0 Å². The quantitative estimate of drug-likeness (QED) is 0.701. The highest BCUT2D eigenvalue weighted by Gasteiger charge is 2.07. The zero-order chi connectivity index (χ0) is 10.7. The first-order chi connectivity index (χ1) is 7.31. The summed E-state index contributed by atoms with van der Waals surface area (Å²) in [5.74, 6) is 0.261. The van der Waals surface area contributed by atoms with Crippen molar-refractivity contribution in [1.82, 2.24) is 4.98 Å². The number of aromatic nitrogens is 1. The van der Waals surface area contributed by atoms with E-state index in [-0.39, 0.29) is 5.97 Å². The van der Waals surface area contributed by atoms with E-state index < -0.39 is 0 Å². The second kappa shape index (κ2) is 3.96. The van der Waals surface area contributed by atoms with E-state index in [4.69, 9.17) is 4.42 Å². The standard InChI is InChI=1S/C11H9NO3/c1-14-11(13)9-4-2-3-8(5-9)10-6-12-7-15-10/h2-7H,1H3. The Bertz CT molecular complexity index is 462. The van der Waals surface area contributed by atoms with Crippen LogP contribution in [-0.2, 0) is 4.74 Å². The molecule has 0 aliphatic heterocycles. The average Bonchev–Trinajstić information content (AvgIpc) is 2.82. The maximum absolute atomic E-state index is 11.3. The summed E-state index contributed by atoms with van der Waals surface area (Å²) in [6.45, 7) is 0. The van der Waals surface area contributed by atoms with E-state index in [0.29, 0.717) is 11.3 Å². The minimum Gasteiger partial charge on any atom is -0.465 e. The zero-order valence-electron chi connectivity index (χ0n) is 8.14. The van der Waals surface area contributed by atoms with E-state index in [2.05, 4.69) is 9.72 Å². The Labute approximate surface area is 86.5 Å². The van der Waals surface area contributed by atoms with Crippen LogP contribution in [0.4, 0.5) is 0 Å². The highest BCUT2D eigenvalue weighted by molar-refractivity contribution is 5.90. The maximum Gasteiger partial charge on any atom is 0.337 e. The van der Waals surface area contributed by atoms with Crippen molar-refractivity contribution < 1.29 is 13.9 Å². The summed E-state index contributed by atoms with van der Waals surface area (Å²) in [7, 11) is 1.35. The van der Waals surface area contributed by atoms with Gasteiger partial charge in [0.2, 0.25) is 0 Å². The van der Waals surface area contributed by atoms with Crippen molar-refractivity contribution in [2.75, 3.05) is 7.11 Å². The fourth-order valence-electron chi connectivity index (χ4n) is 1.28. The number of oxazole rings is 1. The number of ether oxygens (including phenoxy) is 1. The fourth-order valence-corrected chi connectivity index (χ4v) is 1.28. The summed E-state index contributed by atoms with van der Waals surface area (Å²) in [4.78, 5) is 15.1. The molecule has 4 heteroatoms. The van der Waals surface area contributed by atoms with Gasteiger partial charge in [0.1, 0.15) is 0 Å². The fraction of sp³-hybridized carbons (Fsp3) is 0.0909. The second-order valence-electron chi connectivity index (χ2n) is 2.94. The molecule has 0 saturated carbocycles. The van der Waals surface area contributed by atoms with E-state index in [1.807, 2.05) is 6.07 Å². The lowest BCUT2D eigenvalue weighted by Gasteiger charge is -2.00. The molecule has 76 valence electrons. The van der Waals surface area contributed by atoms with Gasteiger partial charge >= 0.3 is 5.97 Å². The third kappa shape index (κ3) is 1.88. The van der Waals surface area contributed by atoms with E-state index >= 15 is 0 Å². The molecule has 0 atom stereocenters. The van der Waals surface area contributed by atoms with Crippen molar-refractivity contribution in [3.8, 4) is 11.3 Å². The first-order valence-corrected chi connectivity index (χ1v) is 4.38. The largest absolute Gasteiger partial charge is 0.465 e. The third-order valence-electron chi connectivity index (χ3n) is 2.00. The first-order valence-electron chi connectivity index (χ1n) is 4.38. The third-order valence-corrected chi connectivity index (χ3v) is 2.00. The Morgan fingerprint density at radius 2 is 2.33 bits per heavy atom. The van der Waals surface area contributed by atoms with Crippen molar-refractivity contribution in [2.45, 2.75) is 0 Å². The number of carbonyl (C=O) groups is 1. The van der Waals surface area contributed by atoms with Crippen molar-refractivity contribution in [1.29, 1.82) is 0 Å². The molecule has 0 saturated heterocycles. The zero-order valence-corrected chi connectivity index (χ0v) is 8.14. The van der Waals surface area contributed by atoms with Crippen LogP contribution in [0.25, 0.3) is 11.3 Å². The summed E-state index contributed by atoms with van der Waals surface area (Å²) in [6.07, 6.45) is 2.94. The minimum atomic E-state index is -0.364. The Hall–Kier alpha value is -2.10. The van der Waals surface area contributed by atoms with Crippen LogP contribution < -0.4 is 0 Å². The lowest BCUT2D eigenvalue weighted by atomic mass is 10.1. The van der Waals surface area contributed by atoms with Gasteiger partial charge in [-0.05, 0) is 12.1 Å². The van der Waals surface area contributed by atoms with E-state index in [1.54, 1.807) is 24.4 Å². The topological polar surface area (TPSA) is 52.3 Å². The van der Waals surface area contributed by atoms with Crippen LogP contribution >= 0.6 is 0 Å². The van der Waals surface area contributed by atoms with Gasteiger partial charge in [-0.25, -0.2) is 9.78 Å². The average molecular weight is 203 g/mol. The first kappa shape index (κ1) is 9.45. The molecule has 0 amide bonds. The Morgan fingerprint density at radius 1 is 1.47 bits per heavy atom. The summed E-state index contributed by atoms with van der Waals surface area (Å²) >= 11 is 0. The van der Waals surface area contributed by atoms with Gasteiger partial charge < -0.3 is 9.15 Å². The number of esters is 1. The predicted octanol–water partition coefficient (Wildman–Crippen LogP) is 2.13. The van der Waals surface area contributed by atoms with E-state index in [9.17, 15) is 4.79 Å². The predicted molar refractivity (Wildman–Crippen MR) is 53.3 cm³/mol. The molecule has 0 spiro atoms. The van der Waals surface area contributed by atoms with Crippen LogP contribution in [0.5, 0.6) is 0 Å². The number of hydrogen-bond acceptors (Lipinski definition) is 4. The number of benzene rings is 1. The van der Waals surface area contributed by atoms with Crippen molar-refractivity contribution in [3.63, 3.8) is 0 Å². The van der Waals surface area contributed by atoms with Crippen LogP contribution in [0.1, 0.15) is 10.4 Å². The Morgan fingerprint density at radius 3 is 3.00 bits per heavy atom. The molecule has 1 aromatic heterocycles. The summed E-state index contributed by atoms with van der Waals surface area (Å²) in [5.41, 5.74) is 1.29. The number of carbonyl (C=O) groups excluding carboxylic acids is 1. The van der Waals surface area contributed by atoms with E-state index in [0.717, 1.165) is 5.56 Å². The molecular formula is C11H9NO3. The van der Waals surface area contributed by atoms with Gasteiger partial charge in [-0.3, -0.25) is 0 Å². The van der Waals surface area contributed by atoms with Gasteiger partial charge in [0, 0.05) is 5.56 Å². The summed E-state index contributed by atoms with van der Waals surface area (Å²) in [6, 6.07) is 7.00. The lowest BCUT2D eigenvalue weighted by Crippen LogP contribution is -2.00. The van der Waals surface area contributed by atoms with Crippen LogP contribution in [0.2, 0.25) is 0 Å². The van der Waals surface area contributed by atoms with Crippen molar-refractivity contribution in [2.24, 2.45) is 0 Å². The highest BCUT2D eigenvalue weighted by atomic mass is 16.5. The molecule has 0 bridgehead atoms. The SMILES string of the molecule is COC(=O)c1cccc(-c2cnco2)c1. The number of methoxy groups -OCH3 is 1. The molecule has 1 heterocycles. The molecule has 1 aromatic carbocycles. The van der Waals surface area contributed by atoms with Crippen LogP contribution in [0.15, 0.2) is 41.3 Å². The monoisotopic (exact) mass is 203 g/mol. The smallest absolute Gasteiger partial charge is 0.337 e. The second-order valence-corrected chi connectivity index (χ2v) is 2.94. The van der Waals surface area contributed by atoms with Gasteiger partial charge in [0.15, 0.2) is 12.2 Å². The molecule has 2 rings (SSSR count). The van der Waals surface area contributed by atoms with Crippen LogP contribution in [-0.4, -0.2) is 18.1 Å². The Balaban J connectivity index is 2.39. The highest BCUT2D eigenvalue weighted by Crippen LogP contribution is 2.19. The molecule has 0 N–H and O–H groups in total. The summed E-state index contributed by atoms with van der Waals surface area (Å²) < 4.78 is 9.75. The van der Waals surface area contributed by atoms with E-state index in [1.165, 1.54) is 13.5 Å². The van der Waals surface area contributed by atoms with Gasteiger partial charge in [-0.15, -0.1) is 0 Å². The molecule has 15 heavy (non-hydrogen) atoms. The minimum absolute atomic E-state index is 0.364. The normalized spacial score (nSPS) is 9.93. The molecule has 0 fully saturated rings. The molecule has 4 nitrogen and oxygen atoms in total. The molecular weight excluding hydrogens is 194 g/mol. The molecule has 0 aliphatic rings.